The second-order valence-electron chi connectivity index (χ2n) is 6.51. The topological polar surface area (TPSA) is 60.9 Å². The van der Waals surface area contributed by atoms with Crippen molar-refractivity contribution in [2.24, 2.45) is 7.05 Å². The van der Waals surface area contributed by atoms with Crippen LogP contribution in [0.15, 0.2) is 59.5 Å². The highest BCUT2D eigenvalue weighted by atomic mass is 19.1. The van der Waals surface area contributed by atoms with Gasteiger partial charge in [0, 0.05) is 37.3 Å². The fourth-order valence-corrected chi connectivity index (χ4v) is 3.18. The number of carbonyl (C=O) groups is 1. The van der Waals surface area contributed by atoms with Crippen LogP contribution in [0.3, 0.4) is 0 Å². The van der Waals surface area contributed by atoms with Crippen LogP contribution in [-0.4, -0.2) is 20.5 Å². The molecule has 0 saturated heterocycles. The zero-order valence-corrected chi connectivity index (χ0v) is 14.9. The van der Waals surface area contributed by atoms with E-state index in [1.165, 1.54) is 18.5 Å². The molecule has 2 heterocycles. The average molecular weight is 363 g/mol. The zero-order chi connectivity index (χ0) is 18.8. The summed E-state index contributed by atoms with van der Waals surface area (Å²) in [5.74, 6) is 0.572. The van der Waals surface area contributed by atoms with E-state index in [4.69, 9.17) is 4.42 Å². The van der Waals surface area contributed by atoms with Crippen molar-refractivity contribution < 1.29 is 13.6 Å². The minimum Gasteiger partial charge on any atom is -0.449 e. The van der Waals surface area contributed by atoms with Crippen molar-refractivity contribution in [2.45, 2.75) is 19.3 Å². The largest absolute Gasteiger partial charge is 0.449 e. The first-order chi connectivity index (χ1) is 13.1. The Morgan fingerprint density at radius 1 is 1.19 bits per heavy atom. The lowest BCUT2D eigenvalue weighted by Crippen LogP contribution is -2.04. The molecule has 0 aliphatic carbocycles. The fourth-order valence-electron chi connectivity index (χ4n) is 3.18. The summed E-state index contributed by atoms with van der Waals surface area (Å²) in [5, 5.41) is 5.29. The smallest absolute Gasteiger partial charge is 0.180 e. The van der Waals surface area contributed by atoms with Crippen LogP contribution in [0.4, 0.5) is 4.39 Å². The molecular formula is C21H18FN3O2. The Bertz CT molecular complexity index is 1080. The van der Waals surface area contributed by atoms with Crippen molar-refractivity contribution in [1.82, 2.24) is 14.8 Å². The maximum Gasteiger partial charge on any atom is 0.180 e. The predicted octanol–water partition coefficient (Wildman–Crippen LogP) is 4.11. The number of oxazole rings is 1. The van der Waals surface area contributed by atoms with Gasteiger partial charge in [-0.25, -0.2) is 9.37 Å². The minimum atomic E-state index is -0.286. The summed E-state index contributed by atoms with van der Waals surface area (Å²) in [7, 11) is 1.84. The fraction of sp³-hybridized carbons (Fsp3) is 0.190. The van der Waals surface area contributed by atoms with Gasteiger partial charge in [0.05, 0.1) is 11.7 Å². The molecule has 2 aromatic carbocycles. The SMILES string of the molecule is Cn1nc(-c2ccc(CC(=O)CCc3cnco3)cc2)c2cc(F)ccc21. The van der Waals surface area contributed by atoms with Gasteiger partial charge in [0.1, 0.15) is 23.1 Å². The van der Waals surface area contributed by atoms with E-state index in [1.807, 2.05) is 31.3 Å². The number of carbonyl (C=O) groups excluding carboxylic acids is 1. The molecular weight excluding hydrogens is 345 g/mol. The summed E-state index contributed by atoms with van der Waals surface area (Å²) in [4.78, 5) is 16.0. The minimum absolute atomic E-state index is 0.143. The summed E-state index contributed by atoms with van der Waals surface area (Å²) >= 11 is 0. The molecule has 0 spiro atoms. The third kappa shape index (κ3) is 3.65. The van der Waals surface area contributed by atoms with Crippen LogP contribution < -0.4 is 0 Å². The van der Waals surface area contributed by atoms with Crippen LogP contribution in [0.25, 0.3) is 22.2 Å². The molecule has 2 aromatic heterocycles. The van der Waals surface area contributed by atoms with Crippen LogP contribution in [0, 0.1) is 5.82 Å². The van der Waals surface area contributed by atoms with Crippen molar-refractivity contribution >= 4 is 16.7 Å². The lowest BCUT2D eigenvalue weighted by Gasteiger charge is -2.03. The van der Waals surface area contributed by atoms with Crippen molar-refractivity contribution in [3.05, 3.63) is 72.2 Å². The highest BCUT2D eigenvalue weighted by Gasteiger charge is 2.12. The van der Waals surface area contributed by atoms with E-state index in [-0.39, 0.29) is 11.6 Å². The Morgan fingerprint density at radius 3 is 2.74 bits per heavy atom. The molecule has 0 amide bonds. The molecule has 0 bridgehead atoms. The number of nitrogens with zero attached hydrogens (tertiary/aromatic N) is 3. The molecule has 0 N–H and O–H groups in total. The number of Topliss-reactive ketones (excluding diaryl/α,β-unsaturated/α-hetero) is 1. The molecule has 4 aromatic rings. The molecule has 0 unspecified atom stereocenters. The predicted molar refractivity (Wildman–Crippen MR) is 99.6 cm³/mol. The van der Waals surface area contributed by atoms with E-state index in [0.717, 1.165) is 27.7 Å². The quantitative estimate of drug-likeness (QED) is 0.517. The van der Waals surface area contributed by atoms with E-state index >= 15 is 0 Å². The van der Waals surface area contributed by atoms with E-state index < -0.39 is 0 Å². The average Bonchev–Trinajstić information content (AvgIpc) is 3.29. The van der Waals surface area contributed by atoms with Crippen molar-refractivity contribution in [1.29, 1.82) is 0 Å². The van der Waals surface area contributed by atoms with Gasteiger partial charge in [0.25, 0.3) is 0 Å². The standard InChI is InChI=1S/C21H18FN3O2/c1-25-20-9-6-16(22)11-19(20)21(24-25)15-4-2-14(3-5-15)10-17(26)7-8-18-12-23-13-27-18/h2-6,9,11-13H,7-8,10H2,1H3. The molecule has 27 heavy (non-hydrogen) atoms. The molecule has 0 saturated carbocycles. The van der Waals surface area contributed by atoms with Gasteiger partial charge in [0.2, 0.25) is 0 Å². The molecule has 0 atom stereocenters. The second kappa shape index (κ2) is 7.15. The Balaban J connectivity index is 1.49. The number of benzene rings is 2. The number of hydrogen-bond donors (Lipinski definition) is 0. The Kier molecular flexibility index (Phi) is 4.54. The third-order valence-corrected chi connectivity index (χ3v) is 4.57. The lowest BCUT2D eigenvalue weighted by atomic mass is 10.0. The molecule has 5 nitrogen and oxygen atoms in total. The van der Waals surface area contributed by atoms with Crippen LogP contribution in [-0.2, 0) is 24.7 Å². The first kappa shape index (κ1) is 17.1. The number of fused-ring (bicyclic) bond motifs is 1. The van der Waals surface area contributed by atoms with Crippen LogP contribution in [0.1, 0.15) is 17.7 Å². The van der Waals surface area contributed by atoms with Gasteiger partial charge in [-0.1, -0.05) is 24.3 Å². The highest BCUT2D eigenvalue weighted by Crippen LogP contribution is 2.28. The zero-order valence-electron chi connectivity index (χ0n) is 14.9. The van der Waals surface area contributed by atoms with Crippen molar-refractivity contribution in [3.8, 4) is 11.3 Å². The highest BCUT2D eigenvalue weighted by molar-refractivity contribution is 5.93. The maximum absolute atomic E-state index is 13.6. The van der Waals surface area contributed by atoms with Gasteiger partial charge in [-0.15, -0.1) is 0 Å². The Morgan fingerprint density at radius 2 is 2.00 bits per heavy atom. The van der Waals surface area contributed by atoms with Gasteiger partial charge in [0.15, 0.2) is 6.39 Å². The van der Waals surface area contributed by atoms with E-state index in [1.54, 1.807) is 16.9 Å². The molecule has 136 valence electrons. The first-order valence-corrected chi connectivity index (χ1v) is 8.71. The van der Waals surface area contributed by atoms with Gasteiger partial charge < -0.3 is 4.42 Å². The number of halogens is 1. The summed E-state index contributed by atoms with van der Waals surface area (Å²) in [6.45, 7) is 0. The number of aromatic nitrogens is 3. The van der Waals surface area contributed by atoms with Gasteiger partial charge in [-0.05, 0) is 23.8 Å². The van der Waals surface area contributed by atoms with E-state index in [9.17, 15) is 9.18 Å². The van der Waals surface area contributed by atoms with Crippen molar-refractivity contribution in [3.63, 3.8) is 0 Å². The molecule has 0 radical (unpaired) electrons. The normalized spacial score (nSPS) is 11.2. The Labute approximate surface area is 155 Å². The maximum atomic E-state index is 13.6. The summed E-state index contributed by atoms with van der Waals surface area (Å²) < 4.78 is 20.5. The van der Waals surface area contributed by atoms with Crippen LogP contribution in [0.5, 0.6) is 0 Å². The third-order valence-electron chi connectivity index (χ3n) is 4.57. The molecule has 4 rings (SSSR count). The van der Waals surface area contributed by atoms with Crippen LogP contribution >= 0.6 is 0 Å². The van der Waals surface area contributed by atoms with Crippen molar-refractivity contribution in [2.75, 3.05) is 0 Å². The molecule has 0 fully saturated rings. The number of hydrogen-bond acceptors (Lipinski definition) is 4. The number of ketones is 1. The van der Waals surface area contributed by atoms with Crippen LogP contribution in [0.2, 0.25) is 0 Å². The summed E-state index contributed by atoms with van der Waals surface area (Å²) in [6, 6.07) is 12.3. The molecule has 0 aliphatic heterocycles. The monoisotopic (exact) mass is 363 g/mol. The number of rotatable bonds is 6. The van der Waals surface area contributed by atoms with Gasteiger partial charge in [-0.2, -0.15) is 5.10 Å². The van der Waals surface area contributed by atoms with Gasteiger partial charge in [-0.3, -0.25) is 9.48 Å². The van der Waals surface area contributed by atoms with Gasteiger partial charge >= 0.3 is 0 Å². The molecule has 6 heteroatoms. The Hall–Kier alpha value is -3.28. The first-order valence-electron chi connectivity index (χ1n) is 8.71. The second-order valence-corrected chi connectivity index (χ2v) is 6.51. The summed E-state index contributed by atoms with van der Waals surface area (Å²) in [6.07, 6.45) is 4.34. The molecule has 0 aliphatic rings. The van der Waals surface area contributed by atoms with E-state index in [0.29, 0.717) is 25.0 Å². The van der Waals surface area contributed by atoms with E-state index in [2.05, 4.69) is 10.1 Å². The number of aryl methyl sites for hydroxylation is 2. The lowest BCUT2D eigenvalue weighted by molar-refractivity contribution is -0.118. The summed E-state index contributed by atoms with van der Waals surface area (Å²) in [5.41, 5.74) is 3.44.